The molecule has 1 aliphatic rings. The third-order valence-electron chi connectivity index (χ3n) is 0.945. The van der Waals surface area contributed by atoms with Crippen LogP contribution in [0.4, 0.5) is 0 Å². The van der Waals surface area contributed by atoms with Gasteiger partial charge in [0.2, 0.25) is 0 Å². The lowest BCUT2D eigenvalue weighted by Crippen LogP contribution is -2.36. The molecule has 0 bridgehead atoms. The molecule has 0 fully saturated rings. The minimum atomic E-state index is 0.0694. The van der Waals surface area contributed by atoms with Gasteiger partial charge < -0.3 is 5.32 Å². The van der Waals surface area contributed by atoms with Crippen molar-refractivity contribution in [1.29, 1.82) is 0 Å². The summed E-state index contributed by atoms with van der Waals surface area (Å²) in [7, 11) is 1.86. The average molecular weight is 111 g/mol. The molecule has 1 aliphatic heterocycles. The minimum Gasteiger partial charge on any atom is -0.358 e. The maximum atomic E-state index is 4.01. The summed E-state index contributed by atoms with van der Waals surface area (Å²) in [6, 6.07) is 0. The van der Waals surface area contributed by atoms with E-state index in [1.165, 1.54) is 0 Å². The molecule has 0 saturated heterocycles. The Labute approximate surface area is 48.5 Å². The van der Waals surface area contributed by atoms with Crippen LogP contribution in [0.1, 0.15) is 0 Å². The number of rotatable bonds is 1. The van der Waals surface area contributed by atoms with E-state index >= 15 is 0 Å². The Hall–Kier alpha value is -0.830. The van der Waals surface area contributed by atoms with Crippen molar-refractivity contribution in [2.24, 2.45) is 4.99 Å². The molecule has 1 unspecified atom stereocenters. The summed E-state index contributed by atoms with van der Waals surface area (Å²) in [4.78, 5) is 4.01. The molecule has 0 aliphatic carbocycles. The first-order valence-electron chi connectivity index (χ1n) is 2.55. The number of nitrogens with zero attached hydrogens (tertiary/aromatic N) is 1. The lowest BCUT2D eigenvalue weighted by molar-refractivity contribution is 0.534. The molecule has 44 valence electrons. The van der Waals surface area contributed by atoms with E-state index in [0.717, 1.165) is 0 Å². The van der Waals surface area contributed by atoms with Gasteiger partial charge in [0.1, 0.15) is 0 Å². The Kier molecular flexibility index (Phi) is 1.64. The van der Waals surface area contributed by atoms with Crippen molar-refractivity contribution in [1.82, 2.24) is 10.6 Å². The lowest BCUT2D eigenvalue weighted by Gasteiger charge is -2.12. The summed E-state index contributed by atoms with van der Waals surface area (Å²) in [5.74, 6) is 0. The molecule has 0 amide bonds. The van der Waals surface area contributed by atoms with Crippen molar-refractivity contribution in [3.05, 3.63) is 12.3 Å². The van der Waals surface area contributed by atoms with Gasteiger partial charge in [-0.1, -0.05) is 0 Å². The van der Waals surface area contributed by atoms with Gasteiger partial charge in [-0.3, -0.25) is 10.3 Å². The van der Waals surface area contributed by atoms with Gasteiger partial charge in [0.05, 0.1) is 0 Å². The fourth-order valence-corrected chi connectivity index (χ4v) is 0.526. The van der Waals surface area contributed by atoms with E-state index < -0.39 is 0 Å². The van der Waals surface area contributed by atoms with E-state index in [2.05, 4.69) is 15.6 Å². The maximum absolute atomic E-state index is 4.01. The highest BCUT2D eigenvalue weighted by molar-refractivity contribution is 5.71. The SMILES string of the molecule is CNC1N=CC=CN1. The van der Waals surface area contributed by atoms with Gasteiger partial charge >= 0.3 is 0 Å². The van der Waals surface area contributed by atoms with Crippen molar-refractivity contribution >= 4 is 6.21 Å². The molecular weight excluding hydrogens is 102 g/mol. The summed E-state index contributed by atoms with van der Waals surface area (Å²) in [6.45, 7) is 0. The van der Waals surface area contributed by atoms with E-state index in [1.54, 1.807) is 6.21 Å². The average Bonchev–Trinajstić information content (AvgIpc) is 1.90. The first kappa shape index (κ1) is 5.31. The van der Waals surface area contributed by atoms with Gasteiger partial charge in [0, 0.05) is 12.4 Å². The number of hydrogen-bond acceptors (Lipinski definition) is 3. The highest BCUT2D eigenvalue weighted by atomic mass is 15.2. The number of aliphatic imine (C=N–C) groups is 1. The molecule has 0 aromatic carbocycles. The predicted molar refractivity (Wildman–Crippen MR) is 33.6 cm³/mol. The third-order valence-corrected chi connectivity index (χ3v) is 0.945. The smallest absolute Gasteiger partial charge is 0.173 e. The Morgan fingerprint density at radius 1 is 1.75 bits per heavy atom. The van der Waals surface area contributed by atoms with Gasteiger partial charge in [-0.25, -0.2) is 0 Å². The summed E-state index contributed by atoms with van der Waals surface area (Å²) in [6.07, 6.45) is 5.54. The molecule has 3 heteroatoms. The quantitative estimate of drug-likeness (QED) is 0.486. The zero-order valence-electron chi connectivity index (χ0n) is 4.76. The van der Waals surface area contributed by atoms with E-state index in [-0.39, 0.29) is 6.29 Å². The van der Waals surface area contributed by atoms with Crippen LogP contribution in [-0.2, 0) is 0 Å². The lowest BCUT2D eigenvalue weighted by atomic mass is 10.6. The second kappa shape index (κ2) is 2.47. The normalized spacial score (nSPS) is 25.4. The van der Waals surface area contributed by atoms with Crippen LogP contribution in [0, 0.1) is 0 Å². The summed E-state index contributed by atoms with van der Waals surface area (Å²) < 4.78 is 0. The zero-order chi connectivity index (χ0) is 5.82. The molecule has 2 N–H and O–H groups in total. The molecule has 1 atom stereocenters. The Balaban J connectivity index is 2.40. The van der Waals surface area contributed by atoms with Gasteiger partial charge in [-0.15, -0.1) is 0 Å². The van der Waals surface area contributed by atoms with Gasteiger partial charge in [-0.05, 0) is 13.1 Å². The van der Waals surface area contributed by atoms with Crippen molar-refractivity contribution in [3.8, 4) is 0 Å². The van der Waals surface area contributed by atoms with E-state index in [1.807, 2.05) is 19.3 Å². The monoisotopic (exact) mass is 111 g/mol. The highest BCUT2D eigenvalue weighted by Gasteiger charge is 1.96. The molecular formula is C5H9N3. The number of allylic oxidation sites excluding steroid dienone is 1. The Morgan fingerprint density at radius 3 is 3.00 bits per heavy atom. The molecule has 1 rings (SSSR count). The topological polar surface area (TPSA) is 36.4 Å². The second-order valence-corrected chi connectivity index (χ2v) is 1.52. The minimum absolute atomic E-state index is 0.0694. The second-order valence-electron chi connectivity index (χ2n) is 1.52. The van der Waals surface area contributed by atoms with Crippen LogP contribution < -0.4 is 10.6 Å². The zero-order valence-corrected chi connectivity index (χ0v) is 4.76. The standard InChI is InChI=1S/C5H9N3/c1-6-5-7-3-2-4-8-5/h2-7H,1H3. The first-order valence-corrected chi connectivity index (χ1v) is 2.55. The highest BCUT2D eigenvalue weighted by Crippen LogP contribution is 1.82. The predicted octanol–water partition coefficient (Wildman–Crippen LogP) is -0.323. The van der Waals surface area contributed by atoms with Crippen LogP contribution in [0.25, 0.3) is 0 Å². The molecule has 0 spiro atoms. The van der Waals surface area contributed by atoms with Crippen LogP contribution >= 0.6 is 0 Å². The van der Waals surface area contributed by atoms with Crippen LogP contribution in [0.2, 0.25) is 0 Å². The van der Waals surface area contributed by atoms with Crippen molar-refractivity contribution in [3.63, 3.8) is 0 Å². The van der Waals surface area contributed by atoms with Gasteiger partial charge in [0.15, 0.2) is 6.29 Å². The molecule has 0 radical (unpaired) electrons. The summed E-state index contributed by atoms with van der Waals surface area (Å²) in [5.41, 5.74) is 0. The number of nitrogens with one attached hydrogen (secondary N) is 2. The fourth-order valence-electron chi connectivity index (χ4n) is 0.526. The fraction of sp³-hybridized carbons (Fsp3) is 0.400. The first-order chi connectivity index (χ1) is 3.93. The van der Waals surface area contributed by atoms with Crippen LogP contribution in [0.3, 0.4) is 0 Å². The van der Waals surface area contributed by atoms with E-state index in [4.69, 9.17) is 0 Å². The van der Waals surface area contributed by atoms with Crippen LogP contribution in [0.15, 0.2) is 17.3 Å². The number of hydrogen-bond donors (Lipinski definition) is 2. The van der Waals surface area contributed by atoms with E-state index in [0.29, 0.717) is 0 Å². The van der Waals surface area contributed by atoms with Gasteiger partial charge in [0.25, 0.3) is 0 Å². The molecule has 0 aromatic heterocycles. The maximum Gasteiger partial charge on any atom is 0.173 e. The Morgan fingerprint density at radius 2 is 2.62 bits per heavy atom. The summed E-state index contributed by atoms with van der Waals surface area (Å²) in [5, 5.41) is 5.92. The van der Waals surface area contributed by atoms with Crippen molar-refractivity contribution in [2.45, 2.75) is 6.29 Å². The Bertz CT molecular complexity index is 117. The van der Waals surface area contributed by atoms with Crippen LogP contribution in [0.5, 0.6) is 0 Å². The van der Waals surface area contributed by atoms with E-state index in [9.17, 15) is 0 Å². The molecule has 0 saturated carbocycles. The van der Waals surface area contributed by atoms with Crippen LogP contribution in [-0.4, -0.2) is 19.6 Å². The van der Waals surface area contributed by atoms with Gasteiger partial charge in [-0.2, -0.15) is 0 Å². The van der Waals surface area contributed by atoms with Crippen molar-refractivity contribution in [2.75, 3.05) is 7.05 Å². The van der Waals surface area contributed by atoms with Crippen molar-refractivity contribution < 1.29 is 0 Å². The molecule has 8 heavy (non-hydrogen) atoms. The molecule has 3 nitrogen and oxygen atoms in total. The summed E-state index contributed by atoms with van der Waals surface area (Å²) >= 11 is 0. The molecule has 0 aromatic rings. The molecule has 1 heterocycles. The third kappa shape index (κ3) is 1.07. The largest absolute Gasteiger partial charge is 0.358 e.